The third kappa shape index (κ3) is 6.32. The molecule has 0 radical (unpaired) electrons. The number of hydrogen-bond acceptors (Lipinski definition) is 4. The fraction of sp³-hybridized carbons (Fsp3) is 0.889. The number of hydrogen-bond donors (Lipinski definition) is 4. The molecule has 1 unspecified atom stereocenters. The normalized spacial score (nSPS) is 22.9. The summed E-state index contributed by atoms with van der Waals surface area (Å²) >= 11 is 0. The number of aliphatic hydroxyl groups excluding tert-OH is 1. The van der Waals surface area contributed by atoms with Gasteiger partial charge in [-0.3, -0.25) is 0 Å². The van der Waals surface area contributed by atoms with Gasteiger partial charge in [0.1, 0.15) is 0 Å². The van der Waals surface area contributed by atoms with E-state index in [1.807, 2.05) is 16.8 Å². The average Bonchev–Trinajstić information content (AvgIpc) is 2.65. The molecular weight excluding hydrogens is 336 g/mol. The molecule has 8 heteroatoms. The Morgan fingerprint density at radius 2 is 1.88 bits per heavy atom. The number of carboxylic acid groups (broad SMARTS) is 1. The first-order valence-electron chi connectivity index (χ1n) is 9.84. The molecule has 0 aromatic heterocycles. The van der Waals surface area contributed by atoms with Crippen molar-refractivity contribution in [1.82, 2.24) is 20.4 Å². The van der Waals surface area contributed by atoms with Crippen molar-refractivity contribution >= 4 is 12.1 Å². The Morgan fingerprint density at radius 1 is 1.15 bits per heavy atom. The molecule has 150 valence electrons. The summed E-state index contributed by atoms with van der Waals surface area (Å²) in [6.45, 7) is 4.35. The molecule has 0 aromatic rings. The van der Waals surface area contributed by atoms with Crippen LogP contribution >= 0.6 is 0 Å². The molecule has 2 fully saturated rings. The largest absolute Gasteiger partial charge is 0.465 e. The summed E-state index contributed by atoms with van der Waals surface area (Å²) in [6, 6.07) is 0.109. The molecule has 2 rings (SSSR count). The van der Waals surface area contributed by atoms with Gasteiger partial charge in [-0.1, -0.05) is 0 Å². The number of amides is 3. The van der Waals surface area contributed by atoms with Gasteiger partial charge < -0.3 is 30.6 Å². The van der Waals surface area contributed by atoms with Crippen LogP contribution in [0, 0.1) is 11.8 Å². The van der Waals surface area contributed by atoms with Crippen LogP contribution in [-0.2, 0) is 0 Å². The van der Waals surface area contributed by atoms with E-state index in [1.54, 1.807) is 0 Å². The van der Waals surface area contributed by atoms with Gasteiger partial charge >= 0.3 is 12.1 Å². The van der Waals surface area contributed by atoms with Crippen LogP contribution in [0.25, 0.3) is 0 Å². The number of nitrogens with one attached hydrogen (secondary N) is 2. The number of carbonyl (C=O) groups is 2. The monoisotopic (exact) mass is 370 g/mol. The Bertz CT molecular complexity index is 454. The van der Waals surface area contributed by atoms with Crippen molar-refractivity contribution in [1.29, 1.82) is 0 Å². The van der Waals surface area contributed by atoms with Crippen LogP contribution < -0.4 is 10.6 Å². The van der Waals surface area contributed by atoms with Crippen molar-refractivity contribution in [2.45, 2.75) is 44.6 Å². The molecule has 0 saturated carbocycles. The third-order valence-electron chi connectivity index (χ3n) is 5.60. The van der Waals surface area contributed by atoms with Crippen molar-refractivity contribution in [3.8, 4) is 0 Å². The molecule has 26 heavy (non-hydrogen) atoms. The molecule has 2 heterocycles. The van der Waals surface area contributed by atoms with Gasteiger partial charge in [-0.15, -0.1) is 0 Å². The Labute approximate surface area is 155 Å². The quantitative estimate of drug-likeness (QED) is 0.503. The van der Waals surface area contributed by atoms with Crippen molar-refractivity contribution in [2.75, 3.05) is 46.3 Å². The van der Waals surface area contributed by atoms with E-state index in [0.717, 1.165) is 51.9 Å². The van der Waals surface area contributed by atoms with E-state index in [1.165, 1.54) is 0 Å². The number of rotatable bonds is 7. The summed E-state index contributed by atoms with van der Waals surface area (Å²) in [4.78, 5) is 27.1. The van der Waals surface area contributed by atoms with Gasteiger partial charge in [0.05, 0.1) is 6.10 Å². The predicted octanol–water partition coefficient (Wildman–Crippen LogP) is 1.16. The second kappa shape index (κ2) is 10.6. The van der Waals surface area contributed by atoms with Crippen molar-refractivity contribution < 1.29 is 19.8 Å². The standard InChI is InChI=1S/C18H34N4O4/c1-19-12-14-6-10-21(11-7-14)18(26)22-9-3-4-15(13-22)16(23)5-2-8-20-17(24)25/h14-16,19-20,23H,2-13H2,1H3,(H,24,25)/t15-,16?/m1/s1. The van der Waals surface area contributed by atoms with E-state index in [-0.39, 0.29) is 11.9 Å². The maximum Gasteiger partial charge on any atom is 0.404 e. The molecule has 2 aliphatic rings. The van der Waals surface area contributed by atoms with Gasteiger partial charge in [0.15, 0.2) is 0 Å². The summed E-state index contributed by atoms with van der Waals surface area (Å²) < 4.78 is 0. The summed E-state index contributed by atoms with van der Waals surface area (Å²) in [5, 5.41) is 24.5. The maximum atomic E-state index is 12.8. The highest BCUT2D eigenvalue weighted by atomic mass is 16.4. The lowest BCUT2D eigenvalue weighted by Crippen LogP contribution is -2.51. The second-order valence-corrected chi connectivity index (χ2v) is 7.56. The molecule has 3 amide bonds. The lowest BCUT2D eigenvalue weighted by Gasteiger charge is -2.40. The number of carbonyl (C=O) groups excluding carboxylic acids is 1. The van der Waals surface area contributed by atoms with Gasteiger partial charge in [-0.25, -0.2) is 9.59 Å². The van der Waals surface area contributed by atoms with Crippen molar-refractivity contribution in [2.24, 2.45) is 11.8 Å². The Kier molecular flexibility index (Phi) is 8.44. The minimum absolute atomic E-state index is 0.0827. The molecule has 0 aromatic carbocycles. The summed E-state index contributed by atoms with van der Waals surface area (Å²) in [7, 11) is 1.97. The predicted molar refractivity (Wildman–Crippen MR) is 99.2 cm³/mol. The molecule has 0 spiro atoms. The highest BCUT2D eigenvalue weighted by Crippen LogP contribution is 2.24. The van der Waals surface area contributed by atoms with E-state index in [0.29, 0.717) is 31.8 Å². The number of urea groups is 1. The zero-order chi connectivity index (χ0) is 18.9. The molecule has 2 atom stereocenters. The zero-order valence-electron chi connectivity index (χ0n) is 15.8. The number of nitrogens with zero attached hydrogens (tertiary/aromatic N) is 2. The Balaban J connectivity index is 1.74. The van der Waals surface area contributed by atoms with Crippen LogP contribution in [0.4, 0.5) is 9.59 Å². The molecule has 4 N–H and O–H groups in total. The average molecular weight is 370 g/mol. The first-order chi connectivity index (χ1) is 12.5. The van der Waals surface area contributed by atoms with Crippen LogP contribution in [0.15, 0.2) is 0 Å². The number of aliphatic hydroxyl groups is 1. The fourth-order valence-electron chi connectivity index (χ4n) is 4.06. The lowest BCUT2D eigenvalue weighted by molar-refractivity contribution is 0.0454. The van der Waals surface area contributed by atoms with Crippen LogP contribution in [0.1, 0.15) is 38.5 Å². The highest BCUT2D eigenvalue weighted by molar-refractivity contribution is 5.74. The van der Waals surface area contributed by atoms with Crippen LogP contribution in [-0.4, -0.2) is 84.6 Å². The van der Waals surface area contributed by atoms with E-state index in [2.05, 4.69) is 10.6 Å². The van der Waals surface area contributed by atoms with Gasteiger partial charge in [0.25, 0.3) is 0 Å². The summed E-state index contributed by atoms with van der Waals surface area (Å²) in [5.41, 5.74) is 0. The summed E-state index contributed by atoms with van der Waals surface area (Å²) in [5.74, 6) is 0.735. The topological polar surface area (TPSA) is 105 Å². The summed E-state index contributed by atoms with van der Waals surface area (Å²) in [6.07, 6.45) is 3.57. The highest BCUT2D eigenvalue weighted by Gasteiger charge is 2.31. The molecular formula is C18H34N4O4. The molecule has 0 bridgehead atoms. The molecule has 2 saturated heterocycles. The Morgan fingerprint density at radius 3 is 2.54 bits per heavy atom. The number of piperidine rings is 2. The molecule has 2 aliphatic heterocycles. The van der Waals surface area contributed by atoms with Gasteiger partial charge in [0.2, 0.25) is 0 Å². The second-order valence-electron chi connectivity index (χ2n) is 7.56. The first kappa shape index (κ1) is 20.8. The Hall–Kier alpha value is -1.54. The maximum absolute atomic E-state index is 12.8. The fourth-order valence-corrected chi connectivity index (χ4v) is 4.06. The lowest BCUT2D eigenvalue weighted by atomic mass is 9.90. The molecule has 8 nitrogen and oxygen atoms in total. The van der Waals surface area contributed by atoms with E-state index in [9.17, 15) is 14.7 Å². The van der Waals surface area contributed by atoms with Crippen molar-refractivity contribution in [3.63, 3.8) is 0 Å². The van der Waals surface area contributed by atoms with Gasteiger partial charge in [-0.2, -0.15) is 0 Å². The SMILES string of the molecule is CNCC1CCN(C(=O)N2CCC[C@@H](C(O)CCCNC(=O)O)C2)CC1. The van der Waals surface area contributed by atoms with Gasteiger partial charge in [0, 0.05) is 38.6 Å². The van der Waals surface area contributed by atoms with E-state index >= 15 is 0 Å². The zero-order valence-corrected chi connectivity index (χ0v) is 15.8. The smallest absolute Gasteiger partial charge is 0.404 e. The molecule has 0 aliphatic carbocycles. The van der Waals surface area contributed by atoms with Crippen LogP contribution in [0.3, 0.4) is 0 Å². The first-order valence-corrected chi connectivity index (χ1v) is 9.84. The minimum Gasteiger partial charge on any atom is -0.465 e. The van der Waals surface area contributed by atoms with Gasteiger partial charge in [-0.05, 0) is 58.0 Å². The minimum atomic E-state index is -1.03. The van der Waals surface area contributed by atoms with Crippen LogP contribution in [0.5, 0.6) is 0 Å². The number of likely N-dealkylation sites (tertiary alicyclic amines) is 2. The van der Waals surface area contributed by atoms with Crippen molar-refractivity contribution in [3.05, 3.63) is 0 Å². The third-order valence-corrected chi connectivity index (χ3v) is 5.60. The van der Waals surface area contributed by atoms with Crippen LogP contribution in [0.2, 0.25) is 0 Å². The van der Waals surface area contributed by atoms with E-state index < -0.39 is 12.2 Å². The van der Waals surface area contributed by atoms with E-state index in [4.69, 9.17) is 5.11 Å².